The van der Waals surface area contributed by atoms with Gasteiger partial charge in [0.2, 0.25) is 0 Å². The summed E-state index contributed by atoms with van der Waals surface area (Å²) in [4.78, 5) is 9.85. The standard InChI is InChI=1S/C21H37N5O/c1-4-22-21(23-11-16-27-6-3)24-17-19-9-7-8-10-20(19)18-26-14-12-25(5-2)13-15-26/h7-10H,4-6,11-18H2,1-3H3,(H2,22,23,24). The first kappa shape index (κ1) is 21.7. The van der Waals surface area contributed by atoms with Crippen molar-refractivity contribution in [3.63, 3.8) is 0 Å². The van der Waals surface area contributed by atoms with E-state index in [9.17, 15) is 0 Å². The highest BCUT2D eigenvalue weighted by atomic mass is 16.5. The first-order valence-electron chi connectivity index (χ1n) is 10.4. The van der Waals surface area contributed by atoms with Crippen LogP contribution in [0.4, 0.5) is 0 Å². The summed E-state index contributed by atoms with van der Waals surface area (Å²) in [7, 11) is 0. The molecule has 2 N–H and O–H groups in total. The van der Waals surface area contributed by atoms with Gasteiger partial charge in [-0.2, -0.15) is 0 Å². The minimum absolute atomic E-state index is 0.690. The van der Waals surface area contributed by atoms with Gasteiger partial charge in [-0.3, -0.25) is 4.90 Å². The molecule has 6 nitrogen and oxygen atoms in total. The van der Waals surface area contributed by atoms with E-state index in [4.69, 9.17) is 9.73 Å². The van der Waals surface area contributed by atoms with Crippen LogP contribution in [0.25, 0.3) is 0 Å². The van der Waals surface area contributed by atoms with Crippen molar-refractivity contribution in [2.75, 3.05) is 59.0 Å². The number of rotatable bonds is 10. The predicted molar refractivity (Wildman–Crippen MR) is 113 cm³/mol. The molecule has 1 aliphatic rings. The Morgan fingerprint density at radius 2 is 1.70 bits per heavy atom. The molecule has 1 aromatic rings. The largest absolute Gasteiger partial charge is 0.380 e. The Morgan fingerprint density at radius 3 is 2.37 bits per heavy atom. The molecule has 2 rings (SSSR count). The van der Waals surface area contributed by atoms with Gasteiger partial charge < -0.3 is 20.3 Å². The van der Waals surface area contributed by atoms with E-state index in [-0.39, 0.29) is 0 Å². The fraction of sp³-hybridized carbons (Fsp3) is 0.667. The molecule has 1 aromatic carbocycles. The van der Waals surface area contributed by atoms with E-state index in [0.717, 1.165) is 51.8 Å². The summed E-state index contributed by atoms with van der Waals surface area (Å²) >= 11 is 0. The first-order chi connectivity index (χ1) is 13.3. The Balaban J connectivity index is 1.93. The van der Waals surface area contributed by atoms with Gasteiger partial charge in [-0.1, -0.05) is 31.2 Å². The maximum absolute atomic E-state index is 5.39. The monoisotopic (exact) mass is 375 g/mol. The van der Waals surface area contributed by atoms with Crippen LogP contribution in [-0.2, 0) is 17.8 Å². The number of ether oxygens (including phenoxy) is 1. The molecule has 0 aliphatic carbocycles. The molecule has 1 fully saturated rings. The van der Waals surface area contributed by atoms with Crippen molar-refractivity contribution in [3.8, 4) is 0 Å². The smallest absolute Gasteiger partial charge is 0.191 e. The van der Waals surface area contributed by atoms with Gasteiger partial charge in [0.1, 0.15) is 0 Å². The first-order valence-corrected chi connectivity index (χ1v) is 10.4. The number of hydrogen-bond acceptors (Lipinski definition) is 4. The van der Waals surface area contributed by atoms with Crippen LogP contribution in [0.5, 0.6) is 0 Å². The number of nitrogens with one attached hydrogen (secondary N) is 2. The van der Waals surface area contributed by atoms with Gasteiger partial charge in [0.25, 0.3) is 0 Å². The highest BCUT2D eigenvalue weighted by Crippen LogP contribution is 2.14. The summed E-state index contributed by atoms with van der Waals surface area (Å²) in [6, 6.07) is 8.69. The van der Waals surface area contributed by atoms with Crippen LogP contribution in [0, 0.1) is 0 Å². The van der Waals surface area contributed by atoms with E-state index in [0.29, 0.717) is 13.2 Å². The van der Waals surface area contributed by atoms with E-state index in [1.165, 1.54) is 24.2 Å². The molecule has 1 heterocycles. The minimum atomic E-state index is 0.690. The summed E-state index contributed by atoms with van der Waals surface area (Å²) in [5, 5.41) is 6.65. The SMILES string of the molecule is CCNC(=NCc1ccccc1CN1CCN(CC)CC1)NCCOCC. The molecule has 0 unspecified atom stereocenters. The highest BCUT2D eigenvalue weighted by Gasteiger charge is 2.16. The van der Waals surface area contributed by atoms with Crippen molar-refractivity contribution in [2.24, 2.45) is 4.99 Å². The van der Waals surface area contributed by atoms with Gasteiger partial charge in [-0.05, 0) is 31.5 Å². The van der Waals surface area contributed by atoms with Gasteiger partial charge in [0, 0.05) is 52.4 Å². The zero-order chi connectivity index (χ0) is 19.3. The van der Waals surface area contributed by atoms with Crippen molar-refractivity contribution in [1.82, 2.24) is 20.4 Å². The van der Waals surface area contributed by atoms with Gasteiger partial charge >= 0.3 is 0 Å². The molecule has 27 heavy (non-hydrogen) atoms. The van der Waals surface area contributed by atoms with Gasteiger partial charge in [0.15, 0.2) is 5.96 Å². The third kappa shape index (κ3) is 7.87. The number of guanidine groups is 1. The molecule has 1 aliphatic heterocycles. The molecule has 0 amide bonds. The number of likely N-dealkylation sites (N-methyl/N-ethyl adjacent to an activating group) is 1. The average molecular weight is 376 g/mol. The Kier molecular flexibility index (Phi) is 10.2. The number of benzene rings is 1. The van der Waals surface area contributed by atoms with Crippen molar-refractivity contribution in [1.29, 1.82) is 0 Å². The van der Waals surface area contributed by atoms with Crippen LogP contribution in [0.2, 0.25) is 0 Å². The Morgan fingerprint density at radius 1 is 1.00 bits per heavy atom. The normalized spacial score (nSPS) is 16.5. The third-order valence-corrected chi connectivity index (χ3v) is 4.92. The molecular weight excluding hydrogens is 338 g/mol. The molecule has 1 saturated heterocycles. The van der Waals surface area contributed by atoms with Crippen LogP contribution >= 0.6 is 0 Å². The van der Waals surface area contributed by atoms with E-state index >= 15 is 0 Å². The molecule has 0 atom stereocenters. The molecular formula is C21H37N5O. The molecule has 0 saturated carbocycles. The fourth-order valence-electron chi connectivity index (χ4n) is 3.26. The second-order valence-corrected chi connectivity index (χ2v) is 6.80. The maximum atomic E-state index is 5.39. The minimum Gasteiger partial charge on any atom is -0.380 e. The second-order valence-electron chi connectivity index (χ2n) is 6.80. The lowest BCUT2D eigenvalue weighted by atomic mass is 10.1. The number of nitrogens with zero attached hydrogens (tertiary/aromatic N) is 3. The maximum Gasteiger partial charge on any atom is 0.191 e. The molecule has 0 aromatic heterocycles. The second kappa shape index (κ2) is 12.7. The van der Waals surface area contributed by atoms with Crippen LogP contribution in [-0.4, -0.2) is 74.8 Å². The highest BCUT2D eigenvalue weighted by molar-refractivity contribution is 5.79. The molecule has 0 radical (unpaired) electrons. The van der Waals surface area contributed by atoms with Crippen molar-refractivity contribution < 1.29 is 4.74 Å². The lowest BCUT2D eigenvalue weighted by Crippen LogP contribution is -2.45. The van der Waals surface area contributed by atoms with Crippen LogP contribution in [0.1, 0.15) is 31.9 Å². The number of aliphatic imine (C=N–C) groups is 1. The summed E-state index contributed by atoms with van der Waals surface area (Å²) in [5.74, 6) is 0.851. The molecule has 6 heteroatoms. The Labute approximate surface area is 165 Å². The summed E-state index contributed by atoms with van der Waals surface area (Å²) in [6.45, 7) is 16.9. The summed E-state index contributed by atoms with van der Waals surface area (Å²) in [5.41, 5.74) is 2.69. The Bertz CT molecular complexity index is 555. The number of piperazine rings is 1. The molecule has 0 bridgehead atoms. The zero-order valence-electron chi connectivity index (χ0n) is 17.3. The Hall–Kier alpha value is -1.63. The van der Waals surface area contributed by atoms with Crippen molar-refractivity contribution in [3.05, 3.63) is 35.4 Å². The van der Waals surface area contributed by atoms with E-state index in [1.807, 2.05) is 6.92 Å². The van der Waals surface area contributed by atoms with E-state index in [2.05, 4.69) is 58.5 Å². The zero-order valence-corrected chi connectivity index (χ0v) is 17.3. The van der Waals surface area contributed by atoms with Gasteiger partial charge in [-0.15, -0.1) is 0 Å². The van der Waals surface area contributed by atoms with Gasteiger partial charge in [-0.25, -0.2) is 4.99 Å². The number of hydrogen-bond donors (Lipinski definition) is 2. The lowest BCUT2D eigenvalue weighted by molar-refractivity contribution is 0.131. The van der Waals surface area contributed by atoms with Crippen LogP contribution in [0.15, 0.2) is 29.3 Å². The topological polar surface area (TPSA) is 52.1 Å². The summed E-state index contributed by atoms with van der Waals surface area (Å²) in [6.07, 6.45) is 0. The summed E-state index contributed by atoms with van der Waals surface area (Å²) < 4.78 is 5.39. The predicted octanol–water partition coefficient (Wildman–Crippen LogP) is 1.92. The van der Waals surface area contributed by atoms with Gasteiger partial charge in [0.05, 0.1) is 13.2 Å². The third-order valence-electron chi connectivity index (χ3n) is 4.92. The van der Waals surface area contributed by atoms with E-state index < -0.39 is 0 Å². The quantitative estimate of drug-likeness (QED) is 0.372. The molecule has 0 spiro atoms. The fourth-order valence-corrected chi connectivity index (χ4v) is 3.26. The van der Waals surface area contributed by atoms with Crippen LogP contribution < -0.4 is 10.6 Å². The van der Waals surface area contributed by atoms with Crippen molar-refractivity contribution >= 4 is 5.96 Å². The van der Waals surface area contributed by atoms with Crippen molar-refractivity contribution in [2.45, 2.75) is 33.9 Å². The van der Waals surface area contributed by atoms with E-state index in [1.54, 1.807) is 0 Å². The molecule has 152 valence electrons. The lowest BCUT2D eigenvalue weighted by Gasteiger charge is -2.34. The van der Waals surface area contributed by atoms with Crippen LogP contribution in [0.3, 0.4) is 0 Å². The average Bonchev–Trinajstić information content (AvgIpc) is 2.71.